The lowest BCUT2D eigenvalue weighted by Crippen LogP contribution is -2.41. The molecule has 160 valence electrons. The van der Waals surface area contributed by atoms with Gasteiger partial charge in [-0.1, -0.05) is 0 Å². The van der Waals surface area contributed by atoms with Crippen molar-refractivity contribution in [3.63, 3.8) is 0 Å². The number of benzene rings is 1. The molecular formula is C20H20N6O3S2. The normalized spacial score (nSPS) is 16.2. The van der Waals surface area contributed by atoms with Crippen LogP contribution < -0.4 is 5.32 Å². The molecule has 1 saturated heterocycles. The van der Waals surface area contributed by atoms with Crippen LogP contribution in [0, 0.1) is 5.92 Å². The molecule has 0 aliphatic carbocycles. The highest BCUT2D eigenvalue weighted by atomic mass is 32.2. The summed E-state index contributed by atoms with van der Waals surface area (Å²) in [5.74, 6) is -0.332. The number of carbonyl (C=O) groups excluding carboxylic acids is 1. The fourth-order valence-corrected chi connectivity index (χ4v) is 5.96. The second kappa shape index (κ2) is 7.66. The molecule has 3 aromatic heterocycles. The van der Waals surface area contributed by atoms with Crippen LogP contribution in [0.15, 0.2) is 47.1 Å². The van der Waals surface area contributed by atoms with E-state index in [2.05, 4.69) is 20.4 Å². The second-order valence-electron chi connectivity index (χ2n) is 7.55. The summed E-state index contributed by atoms with van der Waals surface area (Å²) in [5, 5.41) is 7.72. The molecular weight excluding hydrogens is 436 g/mol. The van der Waals surface area contributed by atoms with Gasteiger partial charge in [-0.3, -0.25) is 9.48 Å². The summed E-state index contributed by atoms with van der Waals surface area (Å²) < 4.78 is 30.2. The standard InChI is InChI=1S/C20H20N6O3S2/c1-25-19-14(10-23-25)8-16(11-21-19)31(28,29)26-6-4-13(5-7-26)20(27)24-15-2-3-18-17(9-15)22-12-30-18/h2-3,8-13H,4-7H2,1H3,(H,24,27). The molecule has 1 fully saturated rings. The van der Waals surface area contributed by atoms with Gasteiger partial charge in [0.25, 0.3) is 0 Å². The number of thiazole rings is 1. The Morgan fingerprint density at radius 3 is 2.77 bits per heavy atom. The number of pyridine rings is 1. The lowest BCUT2D eigenvalue weighted by molar-refractivity contribution is -0.120. The van der Waals surface area contributed by atoms with E-state index >= 15 is 0 Å². The molecule has 0 unspecified atom stereocenters. The number of amides is 1. The van der Waals surface area contributed by atoms with Crippen LogP contribution in [-0.2, 0) is 21.9 Å². The highest BCUT2D eigenvalue weighted by molar-refractivity contribution is 7.89. The predicted molar refractivity (Wildman–Crippen MR) is 118 cm³/mol. The van der Waals surface area contributed by atoms with Gasteiger partial charge in [0.15, 0.2) is 5.65 Å². The molecule has 0 spiro atoms. The molecule has 1 aliphatic rings. The first-order valence-electron chi connectivity index (χ1n) is 9.84. The van der Waals surface area contributed by atoms with E-state index in [0.29, 0.717) is 29.6 Å². The highest BCUT2D eigenvalue weighted by Crippen LogP contribution is 2.27. The summed E-state index contributed by atoms with van der Waals surface area (Å²) in [6.07, 6.45) is 3.90. The minimum absolute atomic E-state index is 0.0925. The Balaban J connectivity index is 1.25. The fraction of sp³-hybridized carbons (Fsp3) is 0.300. The monoisotopic (exact) mass is 456 g/mol. The van der Waals surface area contributed by atoms with Gasteiger partial charge in [0.2, 0.25) is 15.9 Å². The maximum Gasteiger partial charge on any atom is 0.244 e. The van der Waals surface area contributed by atoms with Gasteiger partial charge in [-0.15, -0.1) is 11.3 Å². The molecule has 1 aliphatic heterocycles. The molecule has 0 radical (unpaired) electrons. The zero-order valence-corrected chi connectivity index (χ0v) is 18.4. The van der Waals surface area contributed by atoms with Crippen molar-refractivity contribution in [3.8, 4) is 0 Å². The van der Waals surface area contributed by atoms with Crippen molar-refractivity contribution in [2.75, 3.05) is 18.4 Å². The third-order valence-electron chi connectivity index (χ3n) is 5.61. The SMILES string of the molecule is Cn1ncc2cc(S(=O)(=O)N3CCC(C(=O)Nc4ccc5scnc5c4)CC3)cnc21. The van der Waals surface area contributed by atoms with Crippen molar-refractivity contribution in [1.29, 1.82) is 0 Å². The smallest absolute Gasteiger partial charge is 0.244 e. The topological polar surface area (TPSA) is 110 Å². The summed E-state index contributed by atoms with van der Waals surface area (Å²) in [5.41, 5.74) is 3.95. The number of aryl methyl sites for hydroxylation is 1. The third-order valence-corrected chi connectivity index (χ3v) is 8.28. The summed E-state index contributed by atoms with van der Waals surface area (Å²) in [6, 6.07) is 7.24. The molecule has 0 saturated carbocycles. The third kappa shape index (κ3) is 3.68. The molecule has 1 amide bonds. The van der Waals surface area contributed by atoms with Gasteiger partial charge in [0.05, 0.1) is 21.9 Å². The molecule has 5 rings (SSSR count). The fourth-order valence-electron chi connectivity index (χ4n) is 3.85. The number of rotatable bonds is 4. The number of anilines is 1. The van der Waals surface area contributed by atoms with Crippen LogP contribution in [0.25, 0.3) is 21.3 Å². The van der Waals surface area contributed by atoms with Crippen molar-refractivity contribution in [2.45, 2.75) is 17.7 Å². The maximum absolute atomic E-state index is 13.1. The zero-order chi connectivity index (χ0) is 21.6. The molecule has 4 aromatic rings. The van der Waals surface area contributed by atoms with Gasteiger partial charge in [-0.25, -0.2) is 18.4 Å². The van der Waals surface area contributed by atoms with Crippen LogP contribution in [0.4, 0.5) is 5.69 Å². The number of nitrogens with zero attached hydrogens (tertiary/aromatic N) is 5. The largest absolute Gasteiger partial charge is 0.326 e. The Hall–Kier alpha value is -2.89. The highest BCUT2D eigenvalue weighted by Gasteiger charge is 2.32. The van der Waals surface area contributed by atoms with E-state index < -0.39 is 10.0 Å². The average Bonchev–Trinajstić information content (AvgIpc) is 3.39. The maximum atomic E-state index is 13.1. The van der Waals surface area contributed by atoms with Gasteiger partial charge < -0.3 is 5.32 Å². The number of piperidine rings is 1. The molecule has 0 bridgehead atoms. The number of sulfonamides is 1. The first-order valence-corrected chi connectivity index (χ1v) is 12.2. The zero-order valence-electron chi connectivity index (χ0n) is 16.7. The number of aromatic nitrogens is 4. The molecule has 1 aromatic carbocycles. The Morgan fingerprint density at radius 2 is 1.97 bits per heavy atom. The van der Waals surface area contributed by atoms with Crippen LogP contribution in [0.5, 0.6) is 0 Å². The van der Waals surface area contributed by atoms with Gasteiger partial charge >= 0.3 is 0 Å². The molecule has 1 N–H and O–H groups in total. The second-order valence-corrected chi connectivity index (χ2v) is 10.4. The summed E-state index contributed by atoms with van der Waals surface area (Å²) >= 11 is 1.55. The minimum atomic E-state index is -3.68. The van der Waals surface area contributed by atoms with Crippen molar-refractivity contribution in [3.05, 3.63) is 42.2 Å². The van der Waals surface area contributed by atoms with Crippen LogP contribution in [0.2, 0.25) is 0 Å². The number of hydrogen-bond donors (Lipinski definition) is 1. The van der Waals surface area contributed by atoms with E-state index in [-0.39, 0.29) is 29.8 Å². The lowest BCUT2D eigenvalue weighted by Gasteiger charge is -2.30. The quantitative estimate of drug-likeness (QED) is 0.505. The van der Waals surface area contributed by atoms with E-state index in [4.69, 9.17) is 0 Å². The van der Waals surface area contributed by atoms with Crippen LogP contribution in [0.1, 0.15) is 12.8 Å². The Bertz CT molecular complexity index is 1390. The lowest BCUT2D eigenvalue weighted by atomic mass is 9.97. The van der Waals surface area contributed by atoms with Gasteiger partial charge in [-0.2, -0.15) is 9.40 Å². The van der Waals surface area contributed by atoms with Gasteiger partial charge in [0, 0.05) is 43.3 Å². The van der Waals surface area contributed by atoms with Crippen molar-refractivity contribution in [2.24, 2.45) is 13.0 Å². The van der Waals surface area contributed by atoms with E-state index in [1.165, 1.54) is 10.5 Å². The number of nitrogens with one attached hydrogen (secondary N) is 1. The molecule has 31 heavy (non-hydrogen) atoms. The van der Waals surface area contributed by atoms with Crippen molar-refractivity contribution >= 4 is 54.2 Å². The predicted octanol–water partition coefficient (Wildman–Crippen LogP) is 2.62. The van der Waals surface area contributed by atoms with Gasteiger partial charge in [-0.05, 0) is 37.1 Å². The average molecular weight is 457 g/mol. The molecule has 4 heterocycles. The number of carbonyl (C=O) groups is 1. The summed E-state index contributed by atoms with van der Waals surface area (Å²) in [4.78, 5) is 21.4. The van der Waals surface area contributed by atoms with E-state index in [1.807, 2.05) is 18.2 Å². The molecule has 0 atom stereocenters. The van der Waals surface area contributed by atoms with Crippen molar-refractivity contribution in [1.82, 2.24) is 24.1 Å². The first-order chi connectivity index (χ1) is 14.9. The Labute approximate surface area is 182 Å². The summed E-state index contributed by atoms with van der Waals surface area (Å²) in [7, 11) is -1.92. The summed E-state index contributed by atoms with van der Waals surface area (Å²) in [6.45, 7) is 0.577. The van der Waals surface area contributed by atoms with Crippen molar-refractivity contribution < 1.29 is 13.2 Å². The minimum Gasteiger partial charge on any atom is -0.326 e. The van der Waals surface area contributed by atoms with Crippen LogP contribution in [0.3, 0.4) is 0 Å². The molecule has 11 heteroatoms. The first kappa shape index (κ1) is 20.0. The van der Waals surface area contributed by atoms with Crippen LogP contribution >= 0.6 is 11.3 Å². The Kier molecular flexibility index (Phi) is 4.95. The van der Waals surface area contributed by atoms with E-state index in [9.17, 15) is 13.2 Å². The number of fused-ring (bicyclic) bond motifs is 2. The Morgan fingerprint density at radius 1 is 1.16 bits per heavy atom. The molecule has 9 nitrogen and oxygen atoms in total. The van der Waals surface area contributed by atoms with E-state index in [0.717, 1.165) is 10.2 Å². The van der Waals surface area contributed by atoms with Crippen LogP contribution in [-0.4, -0.2) is 51.5 Å². The van der Waals surface area contributed by atoms with Gasteiger partial charge in [0.1, 0.15) is 4.90 Å². The number of hydrogen-bond acceptors (Lipinski definition) is 7. The van der Waals surface area contributed by atoms with E-state index in [1.54, 1.807) is 40.8 Å².